The summed E-state index contributed by atoms with van der Waals surface area (Å²) in [5.41, 5.74) is 2.42. The monoisotopic (exact) mass is 578 g/mol. The molecule has 0 amide bonds. The van der Waals surface area contributed by atoms with E-state index in [1.165, 1.54) is 0 Å². The maximum atomic E-state index is 12.2. The molecule has 2 fully saturated rings. The number of hydrogen-bond acceptors (Lipinski definition) is 8. The zero-order valence-corrected chi connectivity index (χ0v) is 22.7. The number of nitrogens with one attached hydrogen (secondary N) is 4. The van der Waals surface area contributed by atoms with Crippen LogP contribution < -0.4 is 21.8 Å². The average Bonchev–Trinajstić information content (AvgIpc) is 3.75. The van der Waals surface area contributed by atoms with Crippen molar-refractivity contribution in [3.63, 3.8) is 0 Å². The van der Waals surface area contributed by atoms with E-state index in [-0.39, 0.29) is 34.4 Å². The molecule has 4 N–H and O–H groups in total. The minimum Gasteiger partial charge on any atom is -0.449 e. The summed E-state index contributed by atoms with van der Waals surface area (Å²) in [7, 11) is 0. The highest BCUT2D eigenvalue weighted by Gasteiger charge is 2.23. The number of halogens is 2. The Morgan fingerprint density at radius 2 is 1.15 bits per heavy atom. The Bertz CT molecular complexity index is 1870. The summed E-state index contributed by atoms with van der Waals surface area (Å²) in [5.74, 6) is 1.34. The molecule has 2 aromatic carbocycles. The second-order valence-electron chi connectivity index (χ2n) is 10.0. The number of benzene rings is 2. The summed E-state index contributed by atoms with van der Waals surface area (Å²) in [6.07, 6.45) is 4.13. The molecule has 0 unspecified atom stereocenters. The Hall–Kier alpha value is -3.70. The van der Waals surface area contributed by atoms with Crippen molar-refractivity contribution >= 4 is 67.3 Å². The first-order chi connectivity index (χ1) is 19.4. The van der Waals surface area contributed by atoms with Crippen LogP contribution in [0.15, 0.2) is 54.8 Å². The lowest BCUT2D eigenvalue weighted by atomic mass is 10.2. The molecule has 2 atom stereocenters. The molecule has 10 nitrogen and oxygen atoms in total. The third-order valence-electron chi connectivity index (χ3n) is 7.39. The van der Waals surface area contributed by atoms with Crippen LogP contribution in [0.25, 0.3) is 44.1 Å². The maximum Gasteiger partial charge on any atom is 0.294 e. The first-order valence-electron chi connectivity index (χ1n) is 13.2. The minimum absolute atomic E-state index is 0.108. The first-order valence-corrected chi connectivity index (χ1v) is 13.9. The smallest absolute Gasteiger partial charge is 0.294 e. The SMILES string of the molecule is O=c1[nH]c([C@@H]2CCCN2)nc2c1oc1ccc(Cl)cc12.O=c1[nH]c([C@@H]2CCCN2)nc2c1oc1ccc(Cl)cc12. The molecule has 0 saturated carbocycles. The molecule has 2 saturated heterocycles. The summed E-state index contributed by atoms with van der Waals surface area (Å²) >= 11 is 12.0. The molecule has 6 aromatic rings. The minimum atomic E-state index is -0.244. The van der Waals surface area contributed by atoms with Crippen molar-refractivity contribution in [3.8, 4) is 0 Å². The Morgan fingerprint density at radius 1 is 0.700 bits per heavy atom. The van der Waals surface area contributed by atoms with Gasteiger partial charge in [0, 0.05) is 20.8 Å². The highest BCUT2D eigenvalue weighted by Crippen LogP contribution is 2.30. The van der Waals surface area contributed by atoms with Crippen molar-refractivity contribution < 1.29 is 8.83 Å². The van der Waals surface area contributed by atoms with E-state index in [0.29, 0.717) is 43.9 Å². The van der Waals surface area contributed by atoms with Crippen molar-refractivity contribution in [2.45, 2.75) is 37.8 Å². The van der Waals surface area contributed by atoms with Crippen LogP contribution in [0.4, 0.5) is 0 Å². The van der Waals surface area contributed by atoms with E-state index < -0.39 is 0 Å². The van der Waals surface area contributed by atoms with Crippen LogP contribution in [0.5, 0.6) is 0 Å². The molecule has 0 radical (unpaired) electrons. The van der Waals surface area contributed by atoms with Gasteiger partial charge in [0.25, 0.3) is 11.1 Å². The quantitative estimate of drug-likeness (QED) is 0.211. The summed E-state index contributed by atoms with van der Waals surface area (Å²) in [4.78, 5) is 39.1. The molecular weight excluding hydrogens is 555 g/mol. The maximum absolute atomic E-state index is 12.2. The molecule has 0 aliphatic carbocycles. The van der Waals surface area contributed by atoms with Gasteiger partial charge in [0.2, 0.25) is 11.2 Å². The molecule has 204 valence electrons. The van der Waals surface area contributed by atoms with Crippen LogP contribution >= 0.6 is 23.2 Å². The summed E-state index contributed by atoms with van der Waals surface area (Å²) in [6.45, 7) is 1.90. The Labute approximate surface area is 236 Å². The fourth-order valence-corrected chi connectivity index (χ4v) is 5.80. The summed E-state index contributed by atoms with van der Waals surface area (Å²) in [5, 5.41) is 9.41. The van der Waals surface area contributed by atoms with Gasteiger partial charge in [-0.25, -0.2) is 9.97 Å². The van der Waals surface area contributed by atoms with Gasteiger partial charge in [0.15, 0.2) is 0 Å². The second-order valence-corrected chi connectivity index (χ2v) is 10.9. The predicted octanol–water partition coefficient (Wildman–Crippen LogP) is 5.49. The zero-order chi connectivity index (χ0) is 27.4. The van der Waals surface area contributed by atoms with E-state index in [4.69, 9.17) is 32.0 Å². The van der Waals surface area contributed by atoms with E-state index in [1.54, 1.807) is 36.4 Å². The standard InChI is InChI=1S/2C14H12ClN3O2/c2*15-7-3-4-10-8(6-7)11-12(20-10)14(19)18-13(17-11)9-2-1-5-16-9/h2*3-4,6,9,16H,1-2,5H2,(H,17,18,19)/t2*9-/m00/s1. The van der Waals surface area contributed by atoms with Gasteiger partial charge in [-0.05, 0) is 75.2 Å². The van der Waals surface area contributed by atoms with Crippen molar-refractivity contribution in [1.82, 2.24) is 30.6 Å². The molecule has 4 aromatic heterocycles. The van der Waals surface area contributed by atoms with Gasteiger partial charge < -0.3 is 29.4 Å². The number of aromatic nitrogens is 4. The lowest BCUT2D eigenvalue weighted by Crippen LogP contribution is -2.20. The fourth-order valence-electron chi connectivity index (χ4n) is 5.45. The third-order valence-corrected chi connectivity index (χ3v) is 7.86. The topological polar surface area (TPSA) is 142 Å². The molecule has 8 rings (SSSR count). The second kappa shape index (κ2) is 10.0. The van der Waals surface area contributed by atoms with Crippen LogP contribution in [0.2, 0.25) is 10.0 Å². The third kappa shape index (κ3) is 4.46. The number of nitrogens with zero attached hydrogens (tertiary/aromatic N) is 2. The summed E-state index contributed by atoms with van der Waals surface area (Å²) in [6, 6.07) is 10.8. The Morgan fingerprint density at radius 3 is 1.55 bits per heavy atom. The van der Waals surface area contributed by atoms with E-state index >= 15 is 0 Å². The highest BCUT2D eigenvalue weighted by atomic mass is 35.5. The fraction of sp³-hybridized carbons (Fsp3) is 0.286. The van der Waals surface area contributed by atoms with Crippen molar-refractivity contribution in [1.29, 1.82) is 0 Å². The first kappa shape index (κ1) is 25.3. The summed E-state index contributed by atoms with van der Waals surface area (Å²) < 4.78 is 11.1. The van der Waals surface area contributed by atoms with E-state index in [1.807, 2.05) is 0 Å². The van der Waals surface area contributed by atoms with Gasteiger partial charge >= 0.3 is 0 Å². The number of aromatic amines is 2. The van der Waals surface area contributed by atoms with Gasteiger partial charge in [-0.3, -0.25) is 9.59 Å². The molecule has 0 bridgehead atoms. The molecule has 12 heteroatoms. The highest BCUT2D eigenvalue weighted by molar-refractivity contribution is 6.32. The predicted molar refractivity (Wildman–Crippen MR) is 154 cm³/mol. The molecule has 6 heterocycles. The van der Waals surface area contributed by atoms with Crippen molar-refractivity contribution in [2.75, 3.05) is 13.1 Å². The van der Waals surface area contributed by atoms with Gasteiger partial charge in [-0.2, -0.15) is 0 Å². The largest absolute Gasteiger partial charge is 0.449 e. The van der Waals surface area contributed by atoms with Gasteiger partial charge in [0.1, 0.15) is 33.8 Å². The number of furan rings is 2. The number of rotatable bonds is 2. The lowest BCUT2D eigenvalue weighted by molar-refractivity contribution is 0.600. The van der Waals surface area contributed by atoms with E-state index in [2.05, 4.69) is 30.6 Å². The van der Waals surface area contributed by atoms with Crippen LogP contribution in [0, 0.1) is 0 Å². The van der Waals surface area contributed by atoms with Crippen molar-refractivity contribution in [3.05, 3.63) is 78.8 Å². The lowest BCUT2D eigenvalue weighted by Gasteiger charge is -2.08. The Kier molecular flexibility index (Phi) is 6.35. The number of H-pyrrole nitrogens is 2. The van der Waals surface area contributed by atoms with Crippen molar-refractivity contribution in [2.24, 2.45) is 0 Å². The Balaban J connectivity index is 0.000000132. The number of hydrogen-bond donors (Lipinski definition) is 4. The molecule has 2 aliphatic heterocycles. The molecule has 0 spiro atoms. The van der Waals surface area contributed by atoms with Crippen LogP contribution in [-0.2, 0) is 0 Å². The van der Waals surface area contributed by atoms with Crippen LogP contribution in [0.3, 0.4) is 0 Å². The normalized spacial score (nSPS) is 19.1. The van der Waals surface area contributed by atoms with Gasteiger partial charge in [0.05, 0.1) is 12.1 Å². The average molecular weight is 579 g/mol. The van der Waals surface area contributed by atoms with Crippen LogP contribution in [-0.4, -0.2) is 33.0 Å². The molecule has 2 aliphatic rings. The zero-order valence-electron chi connectivity index (χ0n) is 21.1. The number of fused-ring (bicyclic) bond motifs is 6. The molecular formula is C28H24Cl2N6O4. The van der Waals surface area contributed by atoms with Crippen LogP contribution in [0.1, 0.15) is 49.4 Å². The van der Waals surface area contributed by atoms with E-state index in [0.717, 1.165) is 49.5 Å². The molecule has 40 heavy (non-hydrogen) atoms. The van der Waals surface area contributed by atoms with Gasteiger partial charge in [-0.15, -0.1) is 0 Å². The van der Waals surface area contributed by atoms with E-state index in [9.17, 15) is 9.59 Å². The van der Waals surface area contributed by atoms with Gasteiger partial charge in [-0.1, -0.05) is 23.2 Å².